The second-order valence-electron chi connectivity index (χ2n) is 5.84. The molecule has 4 rings (SSSR count). The standard InChI is InChI=1S/C19H15ClN4O2/c1-26-16-5-2-4-14(17(16)20)12-6-7-15-13(10-12)11-23-24(18(15)25)19-21-8-3-9-22-19/h2-5,8-11H,6-7H2,1H3. The van der Waals surface area contributed by atoms with E-state index in [1.807, 2.05) is 24.3 Å². The molecule has 26 heavy (non-hydrogen) atoms. The maximum absolute atomic E-state index is 12.8. The fourth-order valence-electron chi connectivity index (χ4n) is 3.07. The van der Waals surface area contributed by atoms with Crippen molar-refractivity contribution >= 4 is 23.3 Å². The number of allylic oxidation sites excluding steroid dienone is 1. The number of methoxy groups -OCH3 is 1. The Balaban J connectivity index is 1.79. The van der Waals surface area contributed by atoms with E-state index in [0.717, 1.165) is 16.7 Å². The van der Waals surface area contributed by atoms with Gasteiger partial charge in [-0.25, -0.2) is 9.97 Å². The number of rotatable bonds is 3. The molecule has 130 valence electrons. The lowest BCUT2D eigenvalue weighted by atomic mass is 9.90. The first-order valence-electron chi connectivity index (χ1n) is 8.11. The van der Waals surface area contributed by atoms with Crippen LogP contribution in [0, 0.1) is 0 Å². The monoisotopic (exact) mass is 366 g/mol. The lowest BCUT2D eigenvalue weighted by Gasteiger charge is -2.18. The van der Waals surface area contributed by atoms with E-state index in [-0.39, 0.29) is 11.5 Å². The molecule has 0 unspecified atom stereocenters. The average Bonchev–Trinajstić information content (AvgIpc) is 2.69. The molecule has 0 spiro atoms. The minimum absolute atomic E-state index is 0.194. The molecular formula is C19H15ClN4O2. The number of aromatic nitrogens is 4. The predicted octanol–water partition coefficient (Wildman–Crippen LogP) is 3.17. The molecule has 0 fully saturated rings. The highest BCUT2D eigenvalue weighted by Crippen LogP contribution is 2.37. The minimum Gasteiger partial charge on any atom is -0.495 e. The van der Waals surface area contributed by atoms with Crippen LogP contribution in [0.25, 0.3) is 17.6 Å². The third-order valence-corrected chi connectivity index (χ3v) is 4.75. The first kappa shape index (κ1) is 16.5. The first-order valence-corrected chi connectivity index (χ1v) is 8.49. The van der Waals surface area contributed by atoms with Gasteiger partial charge in [-0.05, 0) is 36.6 Å². The van der Waals surface area contributed by atoms with Crippen LogP contribution < -0.4 is 10.3 Å². The second kappa shape index (κ2) is 6.72. The van der Waals surface area contributed by atoms with Crippen molar-refractivity contribution in [1.82, 2.24) is 19.7 Å². The van der Waals surface area contributed by atoms with Crippen molar-refractivity contribution in [1.29, 1.82) is 0 Å². The molecule has 0 saturated heterocycles. The molecule has 1 aliphatic carbocycles. The van der Waals surface area contributed by atoms with Crippen LogP contribution in [0.5, 0.6) is 5.75 Å². The lowest BCUT2D eigenvalue weighted by Crippen LogP contribution is -2.28. The summed E-state index contributed by atoms with van der Waals surface area (Å²) in [6, 6.07) is 7.37. The van der Waals surface area contributed by atoms with Crippen LogP contribution in [0.4, 0.5) is 0 Å². The number of hydrogen-bond donors (Lipinski definition) is 0. The Hall–Kier alpha value is -2.99. The largest absolute Gasteiger partial charge is 0.495 e. The van der Waals surface area contributed by atoms with Gasteiger partial charge in [0.05, 0.1) is 18.3 Å². The number of ether oxygens (including phenoxy) is 1. The summed E-state index contributed by atoms with van der Waals surface area (Å²) < 4.78 is 6.52. The van der Waals surface area contributed by atoms with Crippen LogP contribution in [0.1, 0.15) is 23.1 Å². The molecule has 0 bridgehead atoms. The maximum Gasteiger partial charge on any atom is 0.278 e. The normalized spacial score (nSPS) is 13.1. The van der Waals surface area contributed by atoms with E-state index in [4.69, 9.17) is 16.3 Å². The maximum atomic E-state index is 12.8. The zero-order chi connectivity index (χ0) is 18.1. The van der Waals surface area contributed by atoms with Crippen LogP contribution in [0.15, 0.2) is 47.7 Å². The van der Waals surface area contributed by atoms with Crippen LogP contribution in [-0.4, -0.2) is 26.9 Å². The van der Waals surface area contributed by atoms with Gasteiger partial charge in [0.2, 0.25) is 0 Å². The quantitative estimate of drug-likeness (QED) is 0.712. The van der Waals surface area contributed by atoms with E-state index in [9.17, 15) is 4.79 Å². The lowest BCUT2D eigenvalue weighted by molar-refractivity contribution is 0.415. The third-order valence-electron chi connectivity index (χ3n) is 4.36. The van der Waals surface area contributed by atoms with Crippen molar-refractivity contribution in [2.45, 2.75) is 12.8 Å². The molecule has 3 aromatic rings. The van der Waals surface area contributed by atoms with Crippen LogP contribution in [-0.2, 0) is 6.42 Å². The summed E-state index contributed by atoms with van der Waals surface area (Å²) in [4.78, 5) is 21.0. The SMILES string of the molecule is COc1cccc(C2=Cc3cnn(-c4ncccn4)c(=O)c3CC2)c1Cl. The Labute approximate surface area is 154 Å². The van der Waals surface area contributed by atoms with Gasteiger partial charge in [-0.3, -0.25) is 4.79 Å². The van der Waals surface area contributed by atoms with Gasteiger partial charge in [-0.2, -0.15) is 9.78 Å². The number of halogens is 1. The molecule has 1 aliphatic rings. The van der Waals surface area contributed by atoms with Gasteiger partial charge in [0.25, 0.3) is 11.5 Å². The zero-order valence-electron chi connectivity index (χ0n) is 14.0. The van der Waals surface area contributed by atoms with Gasteiger partial charge in [0, 0.05) is 29.1 Å². The first-order chi connectivity index (χ1) is 12.7. The third kappa shape index (κ3) is 2.78. The van der Waals surface area contributed by atoms with Gasteiger partial charge in [0.1, 0.15) is 5.75 Å². The van der Waals surface area contributed by atoms with Crippen molar-refractivity contribution in [3.63, 3.8) is 0 Å². The van der Waals surface area contributed by atoms with E-state index < -0.39 is 0 Å². The summed E-state index contributed by atoms with van der Waals surface area (Å²) >= 11 is 6.44. The highest BCUT2D eigenvalue weighted by atomic mass is 35.5. The molecule has 0 aliphatic heterocycles. The van der Waals surface area contributed by atoms with Gasteiger partial charge in [-0.15, -0.1) is 0 Å². The Morgan fingerprint density at radius 1 is 1.15 bits per heavy atom. The molecule has 2 aromatic heterocycles. The summed E-state index contributed by atoms with van der Waals surface area (Å²) in [6.45, 7) is 0. The molecular weight excluding hydrogens is 352 g/mol. The van der Waals surface area contributed by atoms with Crippen LogP contribution in [0.2, 0.25) is 5.02 Å². The van der Waals surface area contributed by atoms with E-state index in [0.29, 0.717) is 29.2 Å². The second-order valence-corrected chi connectivity index (χ2v) is 6.21. The number of benzene rings is 1. The summed E-state index contributed by atoms with van der Waals surface area (Å²) in [6.07, 6.45) is 8.10. The number of nitrogens with zero attached hydrogens (tertiary/aromatic N) is 4. The highest BCUT2D eigenvalue weighted by molar-refractivity contribution is 6.34. The Morgan fingerprint density at radius 3 is 2.73 bits per heavy atom. The fourth-order valence-corrected chi connectivity index (χ4v) is 3.39. The molecule has 0 radical (unpaired) electrons. The molecule has 0 atom stereocenters. The van der Waals surface area contributed by atoms with E-state index >= 15 is 0 Å². The fraction of sp³-hybridized carbons (Fsp3) is 0.158. The summed E-state index contributed by atoms with van der Waals surface area (Å²) in [5, 5.41) is 4.80. The van der Waals surface area contributed by atoms with Gasteiger partial charge in [-0.1, -0.05) is 23.7 Å². The summed E-state index contributed by atoms with van der Waals surface area (Å²) in [7, 11) is 1.59. The van der Waals surface area contributed by atoms with E-state index in [1.165, 1.54) is 4.68 Å². The Kier molecular flexibility index (Phi) is 4.26. The van der Waals surface area contributed by atoms with Gasteiger partial charge in [0.15, 0.2) is 0 Å². The molecule has 0 saturated carbocycles. The Bertz CT molecular complexity index is 1060. The van der Waals surface area contributed by atoms with Crippen molar-refractivity contribution in [2.24, 2.45) is 0 Å². The topological polar surface area (TPSA) is 69.9 Å². The van der Waals surface area contributed by atoms with Crippen LogP contribution in [0.3, 0.4) is 0 Å². The smallest absolute Gasteiger partial charge is 0.278 e. The highest BCUT2D eigenvalue weighted by Gasteiger charge is 2.20. The molecule has 7 heteroatoms. The average molecular weight is 367 g/mol. The summed E-state index contributed by atoms with van der Waals surface area (Å²) in [5.41, 5.74) is 3.27. The van der Waals surface area contributed by atoms with Crippen molar-refractivity contribution in [2.75, 3.05) is 7.11 Å². The zero-order valence-corrected chi connectivity index (χ0v) is 14.8. The molecule has 2 heterocycles. The molecule has 1 aromatic carbocycles. The van der Waals surface area contributed by atoms with Gasteiger partial charge >= 0.3 is 0 Å². The molecule has 0 N–H and O–H groups in total. The molecule has 0 amide bonds. The van der Waals surface area contributed by atoms with Gasteiger partial charge < -0.3 is 4.74 Å². The Morgan fingerprint density at radius 2 is 1.96 bits per heavy atom. The summed E-state index contributed by atoms with van der Waals surface area (Å²) in [5.74, 6) is 0.900. The van der Waals surface area contributed by atoms with Crippen molar-refractivity contribution in [3.05, 3.63) is 74.9 Å². The van der Waals surface area contributed by atoms with E-state index in [1.54, 1.807) is 31.8 Å². The van der Waals surface area contributed by atoms with Crippen molar-refractivity contribution < 1.29 is 4.74 Å². The van der Waals surface area contributed by atoms with Crippen molar-refractivity contribution in [3.8, 4) is 11.7 Å². The number of hydrogen-bond acceptors (Lipinski definition) is 5. The molecule has 6 nitrogen and oxygen atoms in total. The number of fused-ring (bicyclic) bond motifs is 1. The van der Waals surface area contributed by atoms with E-state index in [2.05, 4.69) is 15.1 Å². The minimum atomic E-state index is -0.194. The predicted molar refractivity (Wildman–Crippen MR) is 99.6 cm³/mol. The van der Waals surface area contributed by atoms with Crippen LogP contribution >= 0.6 is 11.6 Å².